The fraction of sp³-hybridized carbons (Fsp3) is 0.211. The Hall–Kier alpha value is -3.35. The summed E-state index contributed by atoms with van der Waals surface area (Å²) in [7, 11) is 0. The molecule has 2 aromatic carbocycles. The van der Waals surface area contributed by atoms with E-state index in [1.54, 1.807) is 6.92 Å². The monoisotopic (exact) mass is 350 g/mol. The third kappa shape index (κ3) is 3.11. The Morgan fingerprint density at radius 2 is 1.96 bits per heavy atom. The molecule has 1 aliphatic rings. The van der Waals surface area contributed by atoms with E-state index in [9.17, 15) is 4.79 Å². The van der Waals surface area contributed by atoms with Crippen LogP contribution in [0.15, 0.2) is 52.9 Å². The first kappa shape index (κ1) is 16.1. The molecule has 132 valence electrons. The van der Waals surface area contributed by atoms with Crippen LogP contribution >= 0.6 is 0 Å². The number of hydrogen-bond donors (Lipinski definition) is 2. The zero-order valence-electron chi connectivity index (χ0n) is 14.4. The van der Waals surface area contributed by atoms with Gasteiger partial charge in [-0.3, -0.25) is 4.79 Å². The number of anilines is 2. The number of carbonyl (C=O) groups is 1. The molecule has 0 saturated heterocycles. The van der Waals surface area contributed by atoms with Gasteiger partial charge in [0.25, 0.3) is 5.91 Å². The van der Waals surface area contributed by atoms with Crippen LogP contribution in [0.3, 0.4) is 0 Å². The lowest BCUT2D eigenvalue weighted by atomic mass is 10.2. The number of fused-ring (bicyclic) bond motifs is 1. The van der Waals surface area contributed by atoms with Gasteiger partial charge < -0.3 is 19.8 Å². The molecule has 2 atom stereocenters. The number of aromatic nitrogens is 2. The van der Waals surface area contributed by atoms with Crippen molar-refractivity contribution in [1.29, 1.82) is 0 Å². The summed E-state index contributed by atoms with van der Waals surface area (Å²) in [5.74, 6) is 1.45. The van der Waals surface area contributed by atoms with E-state index in [2.05, 4.69) is 20.8 Å². The van der Waals surface area contributed by atoms with E-state index in [1.807, 2.05) is 55.5 Å². The second-order valence-corrected chi connectivity index (χ2v) is 6.14. The lowest BCUT2D eigenvalue weighted by Gasteiger charge is -2.24. The van der Waals surface area contributed by atoms with Crippen molar-refractivity contribution in [3.8, 4) is 17.2 Å². The molecule has 1 aromatic heterocycles. The number of hydrogen-bond acceptors (Lipinski definition) is 6. The van der Waals surface area contributed by atoms with Crippen molar-refractivity contribution in [1.82, 2.24) is 10.2 Å². The van der Waals surface area contributed by atoms with Crippen molar-refractivity contribution in [2.24, 2.45) is 0 Å². The lowest BCUT2D eigenvalue weighted by molar-refractivity contribution is -0.122. The van der Waals surface area contributed by atoms with Crippen LogP contribution in [0.4, 0.5) is 11.4 Å². The van der Waals surface area contributed by atoms with E-state index in [4.69, 9.17) is 9.15 Å². The third-order valence-electron chi connectivity index (χ3n) is 4.13. The normalized spacial score (nSPS) is 17.0. The van der Waals surface area contributed by atoms with E-state index in [-0.39, 0.29) is 11.9 Å². The molecule has 1 aliphatic heterocycles. The standard InChI is InChI=1S/C19H18N4O3/c1-11(18-22-23-19(26-18)13-6-4-3-5-7-13)20-14-8-9-16-15(10-14)21-17(24)12(2)25-16/h3-12,20H,1-2H3,(H,21,24)/t11-,12+/m0/s1. The van der Waals surface area contributed by atoms with Gasteiger partial charge in [0.05, 0.1) is 5.69 Å². The number of ether oxygens (including phenoxy) is 1. The smallest absolute Gasteiger partial charge is 0.265 e. The van der Waals surface area contributed by atoms with Gasteiger partial charge in [-0.05, 0) is 44.2 Å². The molecule has 2 N–H and O–H groups in total. The summed E-state index contributed by atoms with van der Waals surface area (Å²) in [5, 5.41) is 14.4. The molecule has 3 aromatic rings. The Balaban J connectivity index is 1.50. The molecule has 26 heavy (non-hydrogen) atoms. The van der Waals surface area contributed by atoms with Crippen LogP contribution in [0.1, 0.15) is 25.8 Å². The van der Waals surface area contributed by atoms with Crippen LogP contribution in [-0.4, -0.2) is 22.2 Å². The molecule has 7 nitrogen and oxygen atoms in total. The van der Waals surface area contributed by atoms with E-state index in [0.717, 1.165) is 11.3 Å². The Kier molecular flexibility index (Phi) is 4.04. The van der Waals surface area contributed by atoms with Crippen molar-refractivity contribution in [2.45, 2.75) is 26.0 Å². The molecule has 0 unspecified atom stereocenters. The number of amides is 1. The molecular formula is C19H18N4O3. The van der Waals surface area contributed by atoms with E-state index in [0.29, 0.717) is 23.2 Å². The van der Waals surface area contributed by atoms with Gasteiger partial charge in [0, 0.05) is 11.3 Å². The number of carbonyl (C=O) groups excluding carboxylic acids is 1. The molecule has 4 rings (SSSR count). The maximum Gasteiger partial charge on any atom is 0.265 e. The first-order valence-corrected chi connectivity index (χ1v) is 8.37. The van der Waals surface area contributed by atoms with Gasteiger partial charge in [-0.1, -0.05) is 18.2 Å². The van der Waals surface area contributed by atoms with Crippen LogP contribution in [0.5, 0.6) is 5.75 Å². The summed E-state index contributed by atoms with van der Waals surface area (Å²) in [5.41, 5.74) is 2.33. The molecule has 0 saturated carbocycles. The predicted molar refractivity (Wildman–Crippen MR) is 96.9 cm³/mol. The summed E-state index contributed by atoms with van der Waals surface area (Å²) < 4.78 is 11.3. The molecule has 0 aliphatic carbocycles. The molecular weight excluding hydrogens is 332 g/mol. The summed E-state index contributed by atoms with van der Waals surface area (Å²) in [6.07, 6.45) is -0.491. The summed E-state index contributed by atoms with van der Waals surface area (Å²) in [6, 6.07) is 14.9. The predicted octanol–water partition coefficient (Wildman–Crippen LogP) is 3.63. The number of rotatable bonds is 4. The summed E-state index contributed by atoms with van der Waals surface area (Å²) in [6.45, 7) is 3.64. The third-order valence-corrected chi connectivity index (χ3v) is 4.13. The molecule has 1 amide bonds. The van der Waals surface area contributed by atoms with E-state index < -0.39 is 6.10 Å². The highest BCUT2D eigenvalue weighted by Crippen LogP contribution is 2.33. The quantitative estimate of drug-likeness (QED) is 0.747. The van der Waals surface area contributed by atoms with Crippen molar-refractivity contribution < 1.29 is 13.9 Å². The van der Waals surface area contributed by atoms with Crippen LogP contribution in [0, 0.1) is 0 Å². The molecule has 0 radical (unpaired) electrons. The average Bonchev–Trinajstić information content (AvgIpc) is 3.14. The van der Waals surface area contributed by atoms with Gasteiger partial charge in [0.15, 0.2) is 6.10 Å². The highest BCUT2D eigenvalue weighted by atomic mass is 16.5. The van der Waals surface area contributed by atoms with Crippen molar-refractivity contribution in [3.05, 3.63) is 54.4 Å². The fourth-order valence-corrected chi connectivity index (χ4v) is 2.72. The Labute approximate surface area is 150 Å². The number of benzene rings is 2. The minimum Gasteiger partial charge on any atom is -0.479 e. The second-order valence-electron chi connectivity index (χ2n) is 6.14. The van der Waals surface area contributed by atoms with Gasteiger partial charge in [-0.2, -0.15) is 0 Å². The van der Waals surface area contributed by atoms with Gasteiger partial charge in [-0.15, -0.1) is 10.2 Å². The largest absolute Gasteiger partial charge is 0.479 e. The Morgan fingerprint density at radius 1 is 1.15 bits per heavy atom. The highest BCUT2D eigenvalue weighted by Gasteiger charge is 2.24. The maximum absolute atomic E-state index is 11.8. The molecule has 0 bridgehead atoms. The highest BCUT2D eigenvalue weighted by molar-refractivity contribution is 5.98. The van der Waals surface area contributed by atoms with Crippen LogP contribution in [0.25, 0.3) is 11.5 Å². The summed E-state index contributed by atoms with van der Waals surface area (Å²) in [4.78, 5) is 11.8. The minimum absolute atomic E-state index is 0.160. The Bertz CT molecular complexity index is 939. The molecule has 0 spiro atoms. The van der Waals surface area contributed by atoms with Crippen LogP contribution < -0.4 is 15.4 Å². The zero-order chi connectivity index (χ0) is 18.1. The topological polar surface area (TPSA) is 89.3 Å². The van der Waals surface area contributed by atoms with Crippen molar-refractivity contribution in [3.63, 3.8) is 0 Å². The van der Waals surface area contributed by atoms with Gasteiger partial charge in [0.1, 0.15) is 11.8 Å². The lowest BCUT2D eigenvalue weighted by Crippen LogP contribution is -2.34. The van der Waals surface area contributed by atoms with Crippen LogP contribution in [-0.2, 0) is 4.79 Å². The minimum atomic E-state index is -0.491. The van der Waals surface area contributed by atoms with Gasteiger partial charge >= 0.3 is 0 Å². The average molecular weight is 350 g/mol. The maximum atomic E-state index is 11.8. The van der Waals surface area contributed by atoms with Crippen molar-refractivity contribution in [2.75, 3.05) is 10.6 Å². The van der Waals surface area contributed by atoms with Crippen molar-refractivity contribution >= 4 is 17.3 Å². The molecule has 0 fully saturated rings. The number of nitrogens with zero attached hydrogens (tertiary/aromatic N) is 2. The molecule has 7 heteroatoms. The summed E-state index contributed by atoms with van der Waals surface area (Å²) >= 11 is 0. The zero-order valence-corrected chi connectivity index (χ0v) is 14.4. The van der Waals surface area contributed by atoms with E-state index in [1.165, 1.54) is 0 Å². The first-order valence-electron chi connectivity index (χ1n) is 8.37. The number of nitrogens with one attached hydrogen (secondary N) is 2. The Morgan fingerprint density at radius 3 is 2.77 bits per heavy atom. The fourth-order valence-electron chi connectivity index (χ4n) is 2.72. The first-order chi connectivity index (χ1) is 12.6. The van der Waals surface area contributed by atoms with E-state index >= 15 is 0 Å². The van der Waals surface area contributed by atoms with Crippen LogP contribution in [0.2, 0.25) is 0 Å². The molecule has 2 heterocycles. The SMILES string of the molecule is C[C@H](Nc1ccc2c(c1)NC(=O)[C@@H](C)O2)c1nnc(-c2ccccc2)o1. The second kappa shape index (κ2) is 6.51. The van der Waals surface area contributed by atoms with Gasteiger partial charge in [-0.25, -0.2) is 0 Å². The van der Waals surface area contributed by atoms with Gasteiger partial charge in [0.2, 0.25) is 11.8 Å².